The Kier molecular flexibility index (Phi) is 1.52. The van der Waals surface area contributed by atoms with E-state index >= 15 is 0 Å². The van der Waals surface area contributed by atoms with E-state index in [2.05, 4.69) is 0 Å². The zero-order chi connectivity index (χ0) is 9.42. The van der Waals surface area contributed by atoms with Crippen molar-refractivity contribution in [2.24, 2.45) is 0 Å². The molecule has 0 heterocycles. The molecule has 0 aliphatic carbocycles. The lowest BCUT2D eigenvalue weighted by molar-refractivity contribution is 1.69. The Balaban J connectivity index is 2.97. The molecule has 0 saturated heterocycles. The van der Waals surface area contributed by atoms with E-state index in [-0.39, 0.29) is 0 Å². The summed E-state index contributed by atoms with van der Waals surface area (Å²) in [5, 5.41) is 1.87. The molecule has 2 aromatic carbocycles. The molecular weight excluding hydrogens is 162 g/mol. The number of nitrogen functional groups attached to an aromatic ring is 3. The van der Waals surface area contributed by atoms with Gasteiger partial charge in [0.2, 0.25) is 0 Å². The monoisotopic (exact) mass is 173 g/mol. The number of anilines is 3. The molecule has 0 aliphatic heterocycles. The molecule has 0 radical (unpaired) electrons. The quantitative estimate of drug-likeness (QED) is 0.529. The van der Waals surface area contributed by atoms with E-state index in [0.29, 0.717) is 17.1 Å². The topological polar surface area (TPSA) is 78.1 Å². The van der Waals surface area contributed by atoms with Crippen molar-refractivity contribution in [3.63, 3.8) is 0 Å². The van der Waals surface area contributed by atoms with Crippen LogP contribution in [0.25, 0.3) is 10.8 Å². The molecular formula is C10H11N3. The van der Waals surface area contributed by atoms with Crippen LogP contribution in [0.5, 0.6) is 0 Å². The Morgan fingerprint density at radius 2 is 1.54 bits per heavy atom. The third-order valence-electron chi connectivity index (χ3n) is 2.15. The highest BCUT2D eigenvalue weighted by Crippen LogP contribution is 2.30. The predicted molar refractivity (Wildman–Crippen MR) is 57.2 cm³/mol. The molecule has 0 atom stereocenters. The van der Waals surface area contributed by atoms with Crippen LogP contribution in [0.15, 0.2) is 30.3 Å². The van der Waals surface area contributed by atoms with Gasteiger partial charge in [-0.2, -0.15) is 0 Å². The SMILES string of the molecule is Nc1ccc2cccc(N)c2c1N. The summed E-state index contributed by atoms with van der Waals surface area (Å²) in [7, 11) is 0. The van der Waals surface area contributed by atoms with Gasteiger partial charge in [-0.25, -0.2) is 0 Å². The molecule has 0 spiro atoms. The lowest BCUT2D eigenvalue weighted by atomic mass is 10.1. The van der Waals surface area contributed by atoms with Crippen molar-refractivity contribution in [3.8, 4) is 0 Å². The lowest BCUT2D eigenvalue weighted by Crippen LogP contribution is -1.97. The molecule has 66 valence electrons. The standard InChI is InChI=1S/C10H11N3/c11-7-3-1-2-6-4-5-8(12)10(13)9(6)7/h1-5H,11-13H2. The Labute approximate surface area is 76.1 Å². The molecule has 6 N–H and O–H groups in total. The average Bonchev–Trinajstić information content (AvgIpc) is 2.12. The minimum atomic E-state index is 0.565. The van der Waals surface area contributed by atoms with E-state index in [1.54, 1.807) is 6.07 Å². The number of hydrogen-bond donors (Lipinski definition) is 3. The molecule has 0 aromatic heterocycles. The fraction of sp³-hybridized carbons (Fsp3) is 0. The van der Waals surface area contributed by atoms with Gasteiger partial charge >= 0.3 is 0 Å². The van der Waals surface area contributed by atoms with Crippen LogP contribution in [-0.4, -0.2) is 0 Å². The van der Waals surface area contributed by atoms with Crippen molar-refractivity contribution in [1.82, 2.24) is 0 Å². The second-order valence-electron chi connectivity index (χ2n) is 3.01. The van der Waals surface area contributed by atoms with Crippen LogP contribution in [0, 0.1) is 0 Å². The summed E-state index contributed by atoms with van der Waals surface area (Å²) in [6.45, 7) is 0. The number of hydrogen-bond acceptors (Lipinski definition) is 3. The van der Waals surface area contributed by atoms with Crippen molar-refractivity contribution >= 4 is 27.8 Å². The normalized spacial score (nSPS) is 10.5. The fourth-order valence-corrected chi connectivity index (χ4v) is 1.45. The highest BCUT2D eigenvalue weighted by Gasteiger charge is 2.03. The maximum Gasteiger partial charge on any atom is 0.0648 e. The van der Waals surface area contributed by atoms with Crippen molar-refractivity contribution in [2.75, 3.05) is 17.2 Å². The van der Waals surface area contributed by atoms with E-state index in [1.807, 2.05) is 24.3 Å². The molecule has 0 amide bonds. The first kappa shape index (κ1) is 7.73. The number of nitrogens with two attached hydrogens (primary N) is 3. The average molecular weight is 173 g/mol. The Hall–Kier alpha value is -1.90. The van der Waals surface area contributed by atoms with E-state index in [1.165, 1.54) is 0 Å². The fourth-order valence-electron chi connectivity index (χ4n) is 1.45. The molecule has 2 aromatic rings. The van der Waals surface area contributed by atoms with Crippen molar-refractivity contribution < 1.29 is 0 Å². The number of benzene rings is 2. The molecule has 0 bridgehead atoms. The van der Waals surface area contributed by atoms with Gasteiger partial charge in [0.1, 0.15) is 0 Å². The maximum atomic E-state index is 5.81. The first-order valence-corrected chi connectivity index (χ1v) is 4.02. The summed E-state index contributed by atoms with van der Waals surface area (Å²) in [6.07, 6.45) is 0. The van der Waals surface area contributed by atoms with E-state index < -0.39 is 0 Å². The number of fused-ring (bicyclic) bond motifs is 1. The third-order valence-corrected chi connectivity index (χ3v) is 2.15. The molecule has 2 rings (SSSR count). The van der Waals surface area contributed by atoms with E-state index in [9.17, 15) is 0 Å². The van der Waals surface area contributed by atoms with Crippen molar-refractivity contribution in [1.29, 1.82) is 0 Å². The Bertz CT molecular complexity index is 463. The molecule has 0 saturated carbocycles. The van der Waals surface area contributed by atoms with Gasteiger partial charge in [0.25, 0.3) is 0 Å². The van der Waals surface area contributed by atoms with Gasteiger partial charge in [0, 0.05) is 11.1 Å². The van der Waals surface area contributed by atoms with Crippen LogP contribution in [0.3, 0.4) is 0 Å². The zero-order valence-electron chi connectivity index (χ0n) is 7.12. The van der Waals surface area contributed by atoms with Crippen LogP contribution in [0.1, 0.15) is 0 Å². The van der Waals surface area contributed by atoms with Gasteiger partial charge in [0.05, 0.1) is 11.4 Å². The highest BCUT2D eigenvalue weighted by molar-refractivity contribution is 6.05. The first-order valence-electron chi connectivity index (χ1n) is 4.02. The summed E-state index contributed by atoms with van der Waals surface area (Å²) in [6, 6.07) is 9.38. The van der Waals surface area contributed by atoms with Crippen LogP contribution >= 0.6 is 0 Å². The predicted octanol–water partition coefficient (Wildman–Crippen LogP) is 1.59. The van der Waals surface area contributed by atoms with Gasteiger partial charge in [-0.3, -0.25) is 0 Å². The van der Waals surface area contributed by atoms with Crippen molar-refractivity contribution in [2.45, 2.75) is 0 Å². The number of rotatable bonds is 0. The van der Waals surface area contributed by atoms with E-state index in [0.717, 1.165) is 10.8 Å². The Morgan fingerprint density at radius 1 is 0.769 bits per heavy atom. The first-order chi connectivity index (χ1) is 6.20. The maximum absolute atomic E-state index is 5.81. The van der Waals surface area contributed by atoms with Crippen LogP contribution in [-0.2, 0) is 0 Å². The zero-order valence-corrected chi connectivity index (χ0v) is 7.12. The Morgan fingerprint density at radius 3 is 2.31 bits per heavy atom. The molecule has 0 unspecified atom stereocenters. The van der Waals surface area contributed by atoms with Gasteiger partial charge in [0.15, 0.2) is 0 Å². The smallest absolute Gasteiger partial charge is 0.0648 e. The summed E-state index contributed by atoms with van der Waals surface area (Å²) in [4.78, 5) is 0. The van der Waals surface area contributed by atoms with Gasteiger partial charge in [-0.15, -0.1) is 0 Å². The molecule has 0 aliphatic rings. The second kappa shape index (κ2) is 2.55. The van der Waals surface area contributed by atoms with Crippen LogP contribution in [0.2, 0.25) is 0 Å². The second-order valence-corrected chi connectivity index (χ2v) is 3.01. The lowest BCUT2D eigenvalue weighted by Gasteiger charge is -2.07. The summed E-state index contributed by atoms with van der Waals surface area (Å²) < 4.78 is 0. The summed E-state index contributed by atoms with van der Waals surface area (Å²) in [5.74, 6) is 0. The van der Waals surface area contributed by atoms with Crippen LogP contribution < -0.4 is 17.2 Å². The van der Waals surface area contributed by atoms with Crippen molar-refractivity contribution in [3.05, 3.63) is 30.3 Å². The summed E-state index contributed by atoms with van der Waals surface area (Å²) in [5.41, 5.74) is 19.1. The largest absolute Gasteiger partial charge is 0.398 e. The molecule has 3 heteroatoms. The van der Waals surface area contributed by atoms with Crippen LogP contribution in [0.4, 0.5) is 17.1 Å². The van der Waals surface area contributed by atoms with Gasteiger partial charge in [-0.1, -0.05) is 18.2 Å². The van der Waals surface area contributed by atoms with Gasteiger partial charge < -0.3 is 17.2 Å². The highest BCUT2D eigenvalue weighted by atomic mass is 14.7. The molecule has 13 heavy (non-hydrogen) atoms. The molecule has 0 fully saturated rings. The van der Waals surface area contributed by atoms with E-state index in [4.69, 9.17) is 17.2 Å². The van der Waals surface area contributed by atoms with Gasteiger partial charge in [-0.05, 0) is 17.5 Å². The molecule has 3 nitrogen and oxygen atoms in total. The minimum absolute atomic E-state index is 0.565. The third kappa shape index (κ3) is 1.05. The minimum Gasteiger partial charge on any atom is -0.398 e. The summed E-state index contributed by atoms with van der Waals surface area (Å²) >= 11 is 0.